The topological polar surface area (TPSA) is 101 Å². The lowest BCUT2D eigenvalue weighted by atomic mass is 9.88. The predicted octanol–water partition coefficient (Wildman–Crippen LogP) is 4.43. The van der Waals surface area contributed by atoms with Gasteiger partial charge in [-0.1, -0.05) is 76.3 Å². The van der Waals surface area contributed by atoms with Crippen molar-refractivity contribution in [3.63, 3.8) is 0 Å². The number of rotatable bonds is 4. The molecule has 0 atom stereocenters. The first kappa shape index (κ1) is 21.8. The third kappa shape index (κ3) is 4.82. The molecule has 1 fully saturated rings. The first-order valence-electron chi connectivity index (χ1n) is 10.3. The Morgan fingerprint density at radius 2 is 1.72 bits per heavy atom. The van der Waals surface area contributed by atoms with Crippen LogP contribution in [0.15, 0.2) is 24.3 Å². The van der Waals surface area contributed by atoms with Crippen LogP contribution >= 0.6 is 11.6 Å². The van der Waals surface area contributed by atoms with Crippen LogP contribution in [0.2, 0.25) is 5.02 Å². The fourth-order valence-electron chi connectivity index (χ4n) is 3.80. The predicted molar refractivity (Wildman–Crippen MR) is 119 cm³/mol. The number of hydrogen-bond acceptors (Lipinski definition) is 6. The maximum atomic E-state index is 11.5. The van der Waals surface area contributed by atoms with Crippen molar-refractivity contribution in [1.29, 1.82) is 0 Å². The minimum absolute atomic E-state index is 0.316. The summed E-state index contributed by atoms with van der Waals surface area (Å²) in [7, 11) is 0. The second-order valence-corrected chi connectivity index (χ2v) is 9.46. The van der Waals surface area contributed by atoms with Crippen LogP contribution in [0.25, 0.3) is 0 Å². The van der Waals surface area contributed by atoms with E-state index in [1.54, 1.807) is 0 Å². The average Bonchev–Trinajstić information content (AvgIpc) is 2.88. The van der Waals surface area contributed by atoms with Crippen LogP contribution in [0.5, 0.6) is 0 Å². The number of halogens is 1. The Bertz CT molecular complexity index is 857. The van der Waals surface area contributed by atoms with E-state index in [0.717, 1.165) is 31.2 Å². The molecule has 29 heavy (non-hydrogen) atoms. The van der Waals surface area contributed by atoms with Crippen LogP contribution in [0.3, 0.4) is 0 Å². The van der Waals surface area contributed by atoms with Crippen molar-refractivity contribution in [2.75, 3.05) is 10.7 Å². The van der Waals surface area contributed by atoms with Gasteiger partial charge in [0, 0.05) is 10.4 Å². The molecular weight excluding hydrogens is 386 g/mol. The van der Waals surface area contributed by atoms with Gasteiger partial charge < -0.3 is 10.8 Å². The van der Waals surface area contributed by atoms with Gasteiger partial charge in [-0.3, -0.25) is 5.01 Å². The molecule has 1 saturated carbocycles. The molecule has 0 aliphatic heterocycles. The summed E-state index contributed by atoms with van der Waals surface area (Å²) in [6.07, 6.45) is 5.42. The zero-order valence-electron chi connectivity index (χ0n) is 17.6. The smallest absolute Gasteiger partial charge is 0.170 e. The molecule has 0 radical (unpaired) electrons. The number of aromatic nitrogens is 2. The fraction of sp³-hybridized carbons (Fsp3) is 0.545. The summed E-state index contributed by atoms with van der Waals surface area (Å²) in [5.41, 5.74) is 6.87. The van der Waals surface area contributed by atoms with E-state index in [1.165, 1.54) is 5.01 Å². The Kier molecular flexibility index (Phi) is 6.36. The number of aliphatic hydroxyl groups is 1. The van der Waals surface area contributed by atoms with Crippen molar-refractivity contribution in [1.82, 2.24) is 9.97 Å². The molecular formula is C22H32ClN5O. The minimum atomic E-state index is -1.05. The van der Waals surface area contributed by atoms with E-state index in [-0.39, 0.29) is 5.41 Å². The Labute approximate surface area is 178 Å². The van der Waals surface area contributed by atoms with E-state index in [1.807, 2.05) is 45.0 Å². The number of hydrazine groups is 1. The van der Waals surface area contributed by atoms with Gasteiger partial charge in [-0.05, 0) is 24.5 Å². The van der Waals surface area contributed by atoms with Gasteiger partial charge >= 0.3 is 0 Å². The van der Waals surface area contributed by atoms with Gasteiger partial charge in [-0.25, -0.2) is 15.8 Å². The minimum Gasteiger partial charge on any atom is -0.394 e. The highest BCUT2D eigenvalue weighted by atomic mass is 35.5. The zero-order chi connectivity index (χ0) is 21.2. The summed E-state index contributed by atoms with van der Waals surface area (Å²) >= 11 is 6.31. The third-order valence-electron chi connectivity index (χ3n) is 5.54. The second kappa shape index (κ2) is 8.46. The van der Waals surface area contributed by atoms with E-state index in [4.69, 9.17) is 28.2 Å². The van der Waals surface area contributed by atoms with Crippen LogP contribution < -0.4 is 16.6 Å². The molecule has 1 heterocycles. The van der Waals surface area contributed by atoms with Crippen LogP contribution in [-0.4, -0.2) is 15.1 Å². The van der Waals surface area contributed by atoms with Gasteiger partial charge in [0.2, 0.25) is 0 Å². The Hall–Kier alpha value is -1.89. The average molecular weight is 418 g/mol. The zero-order valence-corrected chi connectivity index (χ0v) is 18.3. The van der Waals surface area contributed by atoms with Gasteiger partial charge in [-0.2, -0.15) is 0 Å². The molecule has 158 valence electrons. The lowest BCUT2D eigenvalue weighted by Gasteiger charge is -2.31. The van der Waals surface area contributed by atoms with E-state index >= 15 is 0 Å². The number of nitrogens with two attached hydrogens (primary N) is 2. The Morgan fingerprint density at radius 1 is 1.10 bits per heavy atom. The van der Waals surface area contributed by atoms with Gasteiger partial charge in [0.05, 0.1) is 6.54 Å². The fourth-order valence-corrected chi connectivity index (χ4v) is 4.00. The number of anilines is 2. The standard InChI is InChI=1S/C22H32ClN5O/c1-21(2,3)20-26-18(22(29)12-8-4-5-9-13-22)17(24)19(27-20)28(25)14-15-10-6-7-11-16(15)23/h6-7,10-11,29H,4-5,8-9,12-14,24-25H2,1-3H3. The maximum absolute atomic E-state index is 11.5. The van der Waals surface area contributed by atoms with Crippen molar-refractivity contribution < 1.29 is 5.11 Å². The first-order valence-corrected chi connectivity index (χ1v) is 10.7. The molecule has 1 aromatic carbocycles. The van der Waals surface area contributed by atoms with Gasteiger partial charge in [0.1, 0.15) is 22.8 Å². The van der Waals surface area contributed by atoms with Crippen molar-refractivity contribution in [2.45, 2.75) is 76.9 Å². The van der Waals surface area contributed by atoms with Crippen molar-refractivity contribution in [3.8, 4) is 0 Å². The van der Waals surface area contributed by atoms with E-state index in [9.17, 15) is 5.11 Å². The number of nitrogens with zero attached hydrogens (tertiary/aromatic N) is 3. The normalized spacial score (nSPS) is 17.0. The number of benzene rings is 1. The van der Waals surface area contributed by atoms with Crippen molar-refractivity contribution in [3.05, 3.63) is 46.4 Å². The summed E-state index contributed by atoms with van der Waals surface area (Å²) in [6.45, 7) is 6.47. The van der Waals surface area contributed by atoms with Crippen LogP contribution in [0.4, 0.5) is 11.5 Å². The quantitative estimate of drug-likeness (QED) is 0.386. The monoisotopic (exact) mass is 417 g/mol. The largest absolute Gasteiger partial charge is 0.394 e. The van der Waals surface area contributed by atoms with Crippen LogP contribution in [0, 0.1) is 0 Å². The molecule has 1 aliphatic rings. The van der Waals surface area contributed by atoms with Crippen molar-refractivity contribution >= 4 is 23.1 Å². The highest BCUT2D eigenvalue weighted by molar-refractivity contribution is 6.31. The number of hydrogen-bond donors (Lipinski definition) is 3. The second-order valence-electron chi connectivity index (χ2n) is 9.05. The molecule has 2 aromatic rings. The van der Waals surface area contributed by atoms with E-state index < -0.39 is 5.60 Å². The molecule has 0 bridgehead atoms. The molecule has 6 nitrogen and oxygen atoms in total. The molecule has 3 rings (SSSR count). The van der Waals surface area contributed by atoms with Gasteiger partial charge in [0.25, 0.3) is 0 Å². The van der Waals surface area contributed by atoms with Crippen molar-refractivity contribution in [2.24, 2.45) is 5.84 Å². The maximum Gasteiger partial charge on any atom is 0.170 e. The molecule has 0 saturated heterocycles. The lowest BCUT2D eigenvalue weighted by molar-refractivity contribution is 0.0168. The number of nitrogen functional groups attached to an aromatic ring is 1. The van der Waals surface area contributed by atoms with Crippen LogP contribution in [-0.2, 0) is 17.6 Å². The van der Waals surface area contributed by atoms with Crippen LogP contribution in [0.1, 0.15) is 76.4 Å². The highest BCUT2D eigenvalue weighted by Gasteiger charge is 2.36. The van der Waals surface area contributed by atoms with E-state index in [2.05, 4.69) is 4.98 Å². The Morgan fingerprint density at radius 3 is 2.31 bits per heavy atom. The molecule has 7 heteroatoms. The highest BCUT2D eigenvalue weighted by Crippen LogP contribution is 2.41. The Balaban J connectivity index is 2.07. The summed E-state index contributed by atoms with van der Waals surface area (Å²) < 4.78 is 0. The summed E-state index contributed by atoms with van der Waals surface area (Å²) in [6, 6.07) is 7.54. The molecule has 0 unspecified atom stereocenters. The summed E-state index contributed by atoms with van der Waals surface area (Å²) in [5, 5.41) is 13.6. The summed E-state index contributed by atoms with van der Waals surface area (Å²) in [5.74, 6) is 7.45. The third-order valence-corrected chi connectivity index (χ3v) is 5.91. The first-order chi connectivity index (χ1) is 13.6. The molecule has 5 N–H and O–H groups in total. The van der Waals surface area contributed by atoms with E-state index in [0.29, 0.717) is 47.4 Å². The lowest BCUT2D eigenvalue weighted by Crippen LogP contribution is -2.36. The molecule has 0 amide bonds. The molecule has 1 aliphatic carbocycles. The molecule has 1 aromatic heterocycles. The molecule has 0 spiro atoms. The van der Waals surface area contributed by atoms with Gasteiger partial charge in [-0.15, -0.1) is 0 Å². The summed E-state index contributed by atoms with van der Waals surface area (Å²) in [4.78, 5) is 9.44. The van der Waals surface area contributed by atoms with Gasteiger partial charge in [0.15, 0.2) is 5.82 Å². The SMILES string of the molecule is CC(C)(C)c1nc(N(N)Cc2ccccc2Cl)c(N)c(C2(O)CCCCCC2)n1.